The van der Waals surface area contributed by atoms with Crippen molar-refractivity contribution in [1.82, 2.24) is 14.9 Å². The van der Waals surface area contributed by atoms with Gasteiger partial charge in [0.2, 0.25) is 5.91 Å². The maximum absolute atomic E-state index is 12.8. The molecule has 0 unspecified atom stereocenters. The van der Waals surface area contributed by atoms with Crippen LogP contribution in [0.5, 0.6) is 0 Å². The Morgan fingerprint density at radius 1 is 1.00 bits per heavy atom. The lowest BCUT2D eigenvalue weighted by Crippen LogP contribution is -2.50. The number of hydrogen-bond acceptors (Lipinski definition) is 5. The van der Waals surface area contributed by atoms with Crippen LogP contribution in [0.4, 0.5) is 5.82 Å². The second kappa shape index (κ2) is 6.83. The topological polar surface area (TPSA) is 62.5 Å². The van der Waals surface area contributed by atoms with Gasteiger partial charge in [-0.05, 0) is 25.0 Å². The highest BCUT2D eigenvalue weighted by atomic mass is 16.3. The highest BCUT2D eigenvalue weighted by Gasteiger charge is 2.29. The fourth-order valence-electron chi connectivity index (χ4n) is 4.48. The normalized spacial score (nSPS) is 19.1. The third kappa shape index (κ3) is 2.93. The first kappa shape index (κ1) is 16.5. The SMILES string of the molecule is O=C(C1CCCCC1)N1CCN(c2ncnc3c2oc2ccccc23)CC1. The van der Waals surface area contributed by atoms with Crippen LogP contribution < -0.4 is 4.90 Å². The van der Waals surface area contributed by atoms with Crippen molar-refractivity contribution in [1.29, 1.82) is 0 Å². The molecule has 1 aliphatic heterocycles. The monoisotopic (exact) mass is 364 g/mol. The summed E-state index contributed by atoms with van der Waals surface area (Å²) in [6.45, 7) is 3.06. The first-order chi connectivity index (χ1) is 13.3. The minimum atomic E-state index is 0.242. The second-order valence-corrected chi connectivity index (χ2v) is 7.62. The van der Waals surface area contributed by atoms with E-state index < -0.39 is 0 Å². The summed E-state index contributed by atoms with van der Waals surface area (Å²) in [5.41, 5.74) is 2.43. The molecule has 0 bridgehead atoms. The number of para-hydroxylation sites is 1. The maximum Gasteiger partial charge on any atom is 0.225 e. The lowest BCUT2D eigenvalue weighted by Gasteiger charge is -2.37. The number of carbonyl (C=O) groups is 1. The highest BCUT2D eigenvalue weighted by molar-refractivity contribution is 6.05. The molecule has 0 spiro atoms. The van der Waals surface area contributed by atoms with Crippen LogP contribution in [0.1, 0.15) is 32.1 Å². The molecule has 1 saturated heterocycles. The Balaban J connectivity index is 1.36. The molecule has 6 nitrogen and oxygen atoms in total. The molecule has 3 aromatic rings. The van der Waals surface area contributed by atoms with Crippen molar-refractivity contribution in [2.24, 2.45) is 5.92 Å². The summed E-state index contributed by atoms with van der Waals surface area (Å²) in [4.78, 5) is 26.0. The van der Waals surface area contributed by atoms with Crippen molar-refractivity contribution in [2.75, 3.05) is 31.1 Å². The van der Waals surface area contributed by atoms with Gasteiger partial charge in [-0.15, -0.1) is 0 Å². The molecule has 27 heavy (non-hydrogen) atoms. The lowest BCUT2D eigenvalue weighted by molar-refractivity contribution is -0.136. The smallest absolute Gasteiger partial charge is 0.225 e. The van der Waals surface area contributed by atoms with Gasteiger partial charge in [-0.25, -0.2) is 9.97 Å². The van der Waals surface area contributed by atoms with E-state index in [0.717, 1.165) is 66.9 Å². The van der Waals surface area contributed by atoms with Crippen LogP contribution in [0.15, 0.2) is 35.0 Å². The Morgan fingerprint density at radius 2 is 1.78 bits per heavy atom. The Bertz CT molecular complexity index is 969. The van der Waals surface area contributed by atoms with Gasteiger partial charge in [-0.3, -0.25) is 4.79 Å². The van der Waals surface area contributed by atoms with Gasteiger partial charge in [0.05, 0.1) is 0 Å². The van der Waals surface area contributed by atoms with Gasteiger partial charge in [0, 0.05) is 37.5 Å². The molecular formula is C21H24N4O2. The number of furan rings is 1. The van der Waals surface area contributed by atoms with E-state index in [9.17, 15) is 4.79 Å². The average Bonchev–Trinajstić information content (AvgIpc) is 3.13. The van der Waals surface area contributed by atoms with E-state index in [0.29, 0.717) is 5.91 Å². The number of benzene rings is 1. The molecule has 140 valence electrons. The largest absolute Gasteiger partial charge is 0.450 e. The van der Waals surface area contributed by atoms with Gasteiger partial charge in [0.25, 0.3) is 0 Å². The van der Waals surface area contributed by atoms with Gasteiger partial charge < -0.3 is 14.2 Å². The van der Waals surface area contributed by atoms with Gasteiger partial charge in [0.15, 0.2) is 11.4 Å². The predicted molar refractivity (Wildman–Crippen MR) is 105 cm³/mol. The van der Waals surface area contributed by atoms with Crippen molar-refractivity contribution in [3.05, 3.63) is 30.6 Å². The molecule has 2 fully saturated rings. The standard InChI is InChI=1S/C21H24N4O2/c26-21(15-6-2-1-3-7-15)25-12-10-24(11-13-25)20-19-18(22-14-23-20)16-8-4-5-9-17(16)27-19/h4-5,8-9,14-15H,1-3,6-7,10-13H2. The van der Waals surface area contributed by atoms with E-state index in [1.54, 1.807) is 6.33 Å². The van der Waals surface area contributed by atoms with Crippen LogP contribution in [-0.2, 0) is 4.79 Å². The van der Waals surface area contributed by atoms with Crippen LogP contribution in [0.3, 0.4) is 0 Å². The molecule has 0 N–H and O–H groups in total. The Hall–Kier alpha value is -2.63. The number of hydrogen-bond donors (Lipinski definition) is 0. The Labute approximate surface area is 158 Å². The third-order valence-corrected chi connectivity index (χ3v) is 5.98. The summed E-state index contributed by atoms with van der Waals surface area (Å²) in [6, 6.07) is 7.95. The van der Waals surface area contributed by atoms with Crippen LogP contribution >= 0.6 is 0 Å². The van der Waals surface area contributed by atoms with Crippen LogP contribution in [0.2, 0.25) is 0 Å². The Kier molecular flexibility index (Phi) is 4.19. The quantitative estimate of drug-likeness (QED) is 0.695. The first-order valence-electron chi connectivity index (χ1n) is 9.97. The van der Waals surface area contributed by atoms with Crippen LogP contribution in [-0.4, -0.2) is 47.0 Å². The first-order valence-corrected chi connectivity index (χ1v) is 9.97. The molecule has 2 aliphatic rings. The summed E-state index contributed by atoms with van der Waals surface area (Å²) < 4.78 is 6.06. The van der Waals surface area contributed by atoms with Gasteiger partial charge >= 0.3 is 0 Å². The number of amides is 1. The fourth-order valence-corrected chi connectivity index (χ4v) is 4.48. The zero-order valence-corrected chi connectivity index (χ0v) is 15.4. The summed E-state index contributed by atoms with van der Waals surface area (Å²) in [7, 11) is 0. The second-order valence-electron chi connectivity index (χ2n) is 7.62. The lowest BCUT2D eigenvalue weighted by atomic mass is 9.88. The molecule has 1 aromatic carbocycles. The van der Waals surface area contributed by atoms with Crippen molar-refractivity contribution in [3.8, 4) is 0 Å². The van der Waals surface area contributed by atoms with Crippen LogP contribution in [0.25, 0.3) is 22.1 Å². The van der Waals surface area contributed by atoms with Gasteiger partial charge in [-0.2, -0.15) is 0 Å². The Morgan fingerprint density at radius 3 is 2.59 bits per heavy atom. The summed E-state index contributed by atoms with van der Waals surface area (Å²) >= 11 is 0. The molecule has 1 saturated carbocycles. The fraction of sp³-hybridized carbons (Fsp3) is 0.476. The number of nitrogens with zero attached hydrogens (tertiary/aromatic N) is 4. The number of rotatable bonds is 2. The minimum Gasteiger partial charge on any atom is -0.450 e. The van der Waals surface area contributed by atoms with E-state index in [4.69, 9.17) is 4.42 Å². The van der Waals surface area contributed by atoms with E-state index in [-0.39, 0.29) is 5.92 Å². The molecule has 5 rings (SSSR count). The molecule has 3 heterocycles. The van der Waals surface area contributed by atoms with Crippen molar-refractivity contribution < 1.29 is 9.21 Å². The van der Waals surface area contributed by atoms with Crippen molar-refractivity contribution in [3.63, 3.8) is 0 Å². The van der Waals surface area contributed by atoms with Gasteiger partial charge in [0.1, 0.15) is 17.4 Å². The minimum absolute atomic E-state index is 0.242. The highest BCUT2D eigenvalue weighted by Crippen LogP contribution is 2.32. The molecule has 6 heteroatoms. The molecule has 1 amide bonds. The average molecular weight is 364 g/mol. The van der Waals surface area contributed by atoms with E-state index >= 15 is 0 Å². The van der Waals surface area contributed by atoms with E-state index in [1.807, 2.05) is 29.2 Å². The zero-order chi connectivity index (χ0) is 18.2. The van der Waals surface area contributed by atoms with Crippen LogP contribution in [0, 0.1) is 5.92 Å². The summed E-state index contributed by atoms with van der Waals surface area (Å²) in [6.07, 6.45) is 7.40. The molecular weight excluding hydrogens is 340 g/mol. The maximum atomic E-state index is 12.8. The predicted octanol–water partition coefficient (Wildman–Crippen LogP) is 3.60. The van der Waals surface area contributed by atoms with Gasteiger partial charge in [-0.1, -0.05) is 31.4 Å². The molecule has 1 aliphatic carbocycles. The summed E-state index contributed by atoms with van der Waals surface area (Å²) in [5.74, 6) is 1.43. The van der Waals surface area contributed by atoms with E-state index in [2.05, 4.69) is 14.9 Å². The molecule has 2 aromatic heterocycles. The number of aromatic nitrogens is 2. The zero-order valence-electron chi connectivity index (χ0n) is 15.4. The number of fused-ring (bicyclic) bond motifs is 3. The van der Waals surface area contributed by atoms with Crippen molar-refractivity contribution in [2.45, 2.75) is 32.1 Å². The summed E-state index contributed by atoms with van der Waals surface area (Å²) in [5, 5.41) is 1.02. The third-order valence-electron chi connectivity index (χ3n) is 5.98. The van der Waals surface area contributed by atoms with Crippen molar-refractivity contribution >= 4 is 33.8 Å². The number of anilines is 1. The molecule has 0 atom stereocenters. The number of carbonyl (C=O) groups excluding carboxylic acids is 1. The van der Waals surface area contributed by atoms with E-state index in [1.165, 1.54) is 19.3 Å². The molecule has 0 radical (unpaired) electrons. The number of piperazine rings is 1.